The fourth-order valence-electron chi connectivity index (χ4n) is 5.17. The van der Waals surface area contributed by atoms with Crippen LogP contribution in [-0.4, -0.2) is 145 Å². The van der Waals surface area contributed by atoms with Crippen molar-refractivity contribution in [2.45, 2.75) is 74.9 Å². The summed E-state index contributed by atoms with van der Waals surface area (Å²) in [5, 5.41) is -8.87. The van der Waals surface area contributed by atoms with Crippen molar-refractivity contribution in [1.82, 2.24) is 16.0 Å². The second kappa shape index (κ2) is 31.1. The van der Waals surface area contributed by atoms with Crippen molar-refractivity contribution in [3.8, 4) is 0 Å². The van der Waals surface area contributed by atoms with Crippen LogP contribution in [0.3, 0.4) is 0 Å². The van der Waals surface area contributed by atoms with Gasteiger partial charge in [0.15, 0.2) is 18.2 Å². The highest BCUT2D eigenvalue weighted by atomic mass is 32.2. The number of ether oxygens (including phenoxy) is 2. The molecule has 0 aliphatic heterocycles. The van der Waals surface area contributed by atoms with E-state index in [0.717, 1.165) is 32.9 Å². The van der Waals surface area contributed by atoms with Gasteiger partial charge in [0, 0.05) is 46.5 Å². The Morgan fingerprint density at radius 3 is 1.22 bits per heavy atom. The highest BCUT2D eigenvalue weighted by molar-refractivity contribution is 7.89. The first kappa shape index (κ1) is 73.4. The van der Waals surface area contributed by atoms with E-state index in [0.29, 0.717) is 0 Å². The van der Waals surface area contributed by atoms with Crippen molar-refractivity contribution in [3.05, 3.63) is 144 Å². The minimum atomic E-state index is -6.30. The molecule has 3 aromatic rings. The normalized spacial score (nSPS) is 13.0. The van der Waals surface area contributed by atoms with Gasteiger partial charge in [0.2, 0.25) is 23.7 Å². The molecule has 458 valence electrons. The van der Waals surface area contributed by atoms with Crippen LogP contribution in [-0.2, 0) is 76.4 Å². The number of alkyl halides is 9. The number of carbonyl (C=O) groups is 8. The van der Waals surface area contributed by atoms with E-state index in [1.54, 1.807) is 17.4 Å². The fraction of sp³-hybridized carbons (Fsp3) is 0.347. The second-order valence-corrected chi connectivity index (χ2v) is 21.5. The SMILES string of the molecule is C=C(C)C(=O)NCCNC(=O)C(F)(F)S(=O)(=O)OC(C)C(=O)c1ccccc1.C=C(C)C(=O)NCCOC(=O)C(F)(F)S(=O)(=O)OC(C)C(=O)c1ccccc1.C=C(C)C(=O)OCC(F)(F)S(=O)(=O)OC(C(=O)c1ccccc1)C(F)(F)F. The van der Waals surface area contributed by atoms with Gasteiger partial charge in [0.25, 0.3) is 0 Å². The molecule has 3 aromatic carbocycles. The van der Waals surface area contributed by atoms with Crippen LogP contribution in [0, 0.1) is 0 Å². The minimum absolute atomic E-state index is 0.0457. The third-order valence-electron chi connectivity index (χ3n) is 9.52. The highest BCUT2D eigenvalue weighted by Crippen LogP contribution is 2.33. The van der Waals surface area contributed by atoms with Crippen molar-refractivity contribution < 1.29 is 125 Å². The Hall–Kier alpha value is -7.66. The Kier molecular flexibility index (Phi) is 27.5. The van der Waals surface area contributed by atoms with E-state index in [-0.39, 0.29) is 40.9 Å². The van der Waals surface area contributed by atoms with Crippen molar-refractivity contribution in [2.24, 2.45) is 0 Å². The molecule has 0 radical (unpaired) electrons. The zero-order valence-electron chi connectivity index (χ0n) is 43.9. The Bertz CT molecular complexity index is 3060. The third-order valence-corrected chi connectivity index (χ3v) is 13.5. The van der Waals surface area contributed by atoms with Gasteiger partial charge in [0.1, 0.15) is 18.8 Å². The molecule has 22 nitrogen and oxygen atoms in total. The molecule has 0 saturated heterocycles. The molecular weight excluding hydrogens is 1200 g/mol. The summed E-state index contributed by atoms with van der Waals surface area (Å²) in [5.74, 6) is -10.7. The van der Waals surface area contributed by atoms with E-state index in [9.17, 15) is 103 Å². The molecule has 3 N–H and O–H groups in total. The second-order valence-electron chi connectivity index (χ2n) is 16.5. The highest BCUT2D eigenvalue weighted by Gasteiger charge is 2.58. The van der Waals surface area contributed by atoms with Gasteiger partial charge in [-0.1, -0.05) is 111 Å². The van der Waals surface area contributed by atoms with Gasteiger partial charge in [-0.15, -0.1) is 0 Å². The Balaban J connectivity index is 0.000000623. The number of carbonyl (C=O) groups excluding carboxylic acids is 8. The van der Waals surface area contributed by atoms with Crippen LogP contribution in [0.25, 0.3) is 0 Å². The summed E-state index contributed by atoms with van der Waals surface area (Å²) in [6.45, 7) is 11.8. The van der Waals surface area contributed by atoms with Crippen molar-refractivity contribution in [1.29, 1.82) is 0 Å². The van der Waals surface area contributed by atoms with Crippen LogP contribution in [0.4, 0.5) is 39.5 Å². The predicted molar refractivity (Wildman–Crippen MR) is 271 cm³/mol. The number of rotatable bonds is 28. The van der Waals surface area contributed by atoms with Crippen LogP contribution >= 0.6 is 0 Å². The van der Waals surface area contributed by atoms with Crippen molar-refractivity contribution in [3.63, 3.8) is 0 Å². The zero-order valence-corrected chi connectivity index (χ0v) is 46.4. The maximum Gasteiger partial charge on any atom is 0.466 e. The summed E-state index contributed by atoms with van der Waals surface area (Å²) in [6.07, 6.45) is -12.9. The Labute approximate surface area is 468 Å². The molecule has 3 amide bonds. The number of amides is 3. The lowest BCUT2D eigenvalue weighted by Crippen LogP contribution is -2.49. The fourth-order valence-corrected chi connectivity index (χ4v) is 7.70. The van der Waals surface area contributed by atoms with Crippen LogP contribution in [0.2, 0.25) is 0 Å². The molecule has 3 rings (SSSR count). The molecule has 0 fully saturated rings. The molecule has 83 heavy (non-hydrogen) atoms. The molecule has 0 saturated carbocycles. The maximum atomic E-state index is 14.0. The number of hydrogen-bond donors (Lipinski definition) is 3. The number of Topliss-reactive ketones (excluding diaryl/α,β-unsaturated/α-hetero) is 3. The first-order valence-electron chi connectivity index (χ1n) is 22.9. The monoisotopic (exact) mass is 1250 g/mol. The third kappa shape index (κ3) is 22.2. The van der Waals surface area contributed by atoms with E-state index in [4.69, 9.17) is 0 Å². The Morgan fingerprint density at radius 2 is 0.843 bits per heavy atom. The zero-order chi connectivity index (χ0) is 64.1. The molecule has 0 spiro atoms. The Morgan fingerprint density at radius 1 is 0.482 bits per heavy atom. The largest absolute Gasteiger partial charge is 0.466 e. The summed E-state index contributed by atoms with van der Waals surface area (Å²) < 4.78 is 213. The summed E-state index contributed by atoms with van der Waals surface area (Å²) >= 11 is 0. The quantitative estimate of drug-likeness (QED) is 0.0207. The van der Waals surface area contributed by atoms with Gasteiger partial charge in [-0.2, -0.15) is 64.8 Å². The number of ketones is 3. The number of hydrogen-bond acceptors (Lipinski definition) is 19. The first-order chi connectivity index (χ1) is 38.0. The lowest BCUT2D eigenvalue weighted by atomic mass is 10.1. The number of nitrogens with one attached hydrogen (secondary N) is 3. The molecular formula is C49H52F9N3O19S3. The van der Waals surface area contributed by atoms with Crippen molar-refractivity contribution >= 4 is 77.4 Å². The maximum absolute atomic E-state index is 14.0. The van der Waals surface area contributed by atoms with E-state index in [1.165, 1.54) is 80.6 Å². The van der Waals surface area contributed by atoms with Gasteiger partial charge in [0.05, 0.1) is 6.54 Å². The van der Waals surface area contributed by atoms with Crippen LogP contribution in [0.5, 0.6) is 0 Å². The lowest BCUT2D eigenvalue weighted by Gasteiger charge is -2.22. The minimum Gasteiger partial charge on any atom is -0.458 e. The average Bonchev–Trinajstić information content (AvgIpc) is 3.61. The average molecular weight is 1250 g/mol. The predicted octanol–water partition coefficient (Wildman–Crippen LogP) is 5.30. The standard InChI is InChI=1S/C17H20F2N2O6S.C17H19F2NO7S.C15H13F5O6S/c1-11(2)15(23)20-9-10-21-16(24)17(18,19)28(25,26)27-12(3)14(22)13-7-5-4-6-8-13;1-11(2)15(22)20-9-10-26-16(23)17(18,19)28(24,25)27-12(3)14(21)13-7-5-4-6-8-13;1-9(2)13(22)25-8-14(16,17)27(23,24)26-12(15(18,19)20)11(21)10-6-4-3-5-7-10/h4-8,12H,1,9-10H2,2-3H3,(H,20,23)(H,21,24);4-8,12H,1,9-10H2,2-3H3,(H,20,22);3-7,12H,1,8H2,2H3. The molecule has 0 bridgehead atoms. The first-order valence-corrected chi connectivity index (χ1v) is 27.1. The molecule has 34 heteroatoms. The number of halogens is 9. The van der Waals surface area contributed by atoms with E-state index in [2.05, 4.69) is 52.4 Å². The topological polar surface area (TPSA) is 321 Å². The van der Waals surface area contributed by atoms with Gasteiger partial charge in [-0.05, 0) is 34.6 Å². The summed E-state index contributed by atoms with van der Waals surface area (Å²) in [4.78, 5) is 92.6. The smallest absolute Gasteiger partial charge is 0.458 e. The van der Waals surface area contributed by atoms with Gasteiger partial charge in [-0.25, -0.2) is 13.8 Å². The molecule has 3 atom stereocenters. The lowest BCUT2D eigenvalue weighted by molar-refractivity contribution is -0.180. The van der Waals surface area contributed by atoms with Crippen molar-refractivity contribution in [2.75, 3.05) is 32.8 Å². The van der Waals surface area contributed by atoms with Gasteiger partial charge < -0.3 is 25.4 Å². The number of esters is 2. The van der Waals surface area contributed by atoms with E-state index < -0.39 is 143 Å². The molecule has 0 aliphatic rings. The van der Waals surface area contributed by atoms with Crippen LogP contribution < -0.4 is 16.0 Å². The molecule has 0 heterocycles. The van der Waals surface area contributed by atoms with Gasteiger partial charge >= 0.3 is 70.1 Å². The van der Waals surface area contributed by atoms with Crippen LogP contribution in [0.15, 0.2) is 127 Å². The molecule has 3 unspecified atom stereocenters. The van der Waals surface area contributed by atoms with E-state index >= 15 is 0 Å². The summed E-state index contributed by atoms with van der Waals surface area (Å²) in [6, 6.07) is 20.2. The van der Waals surface area contributed by atoms with E-state index in [1.807, 2.05) is 0 Å². The van der Waals surface area contributed by atoms with Gasteiger partial charge in [-0.3, -0.25) is 37.1 Å². The number of benzene rings is 3. The molecule has 0 aliphatic carbocycles. The summed E-state index contributed by atoms with van der Waals surface area (Å²) in [5.41, 5.74) is -0.534. The van der Waals surface area contributed by atoms with Crippen LogP contribution in [0.1, 0.15) is 65.7 Å². The molecule has 0 aromatic heterocycles. The summed E-state index contributed by atoms with van der Waals surface area (Å²) in [7, 11) is -17.9.